The summed E-state index contributed by atoms with van der Waals surface area (Å²) in [6, 6.07) is 20.3. The van der Waals surface area contributed by atoms with Gasteiger partial charge in [0, 0.05) is 10.4 Å². The number of thiazole rings is 1. The van der Waals surface area contributed by atoms with E-state index in [0.29, 0.717) is 0 Å². The first-order chi connectivity index (χ1) is 12.8. The molecule has 0 fully saturated rings. The molecule has 0 bridgehead atoms. The molecule has 4 rings (SSSR count). The van der Waals surface area contributed by atoms with Crippen molar-refractivity contribution in [3.05, 3.63) is 76.8 Å². The lowest BCUT2D eigenvalue weighted by Crippen LogP contribution is -2.44. The molecule has 2 heterocycles. The number of nitrogens with one attached hydrogen (secondary N) is 1. The second-order valence-electron chi connectivity index (χ2n) is 5.94. The molecule has 132 valence electrons. The highest BCUT2D eigenvalue weighted by Gasteiger charge is 2.29. The normalized spacial score (nSPS) is 13.7. The molecule has 5 nitrogen and oxygen atoms in total. The lowest BCUT2D eigenvalue weighted by Gasteiger charge is -2.25. The number of benzene rings is 2. The maximum atomic E-state index is 4.85. The largest absolute Gasteiger partial charge is 0.256 e. The topological polar surface area (TPSA) is 43.8 Å². The fourth-order valence-electron chi connectivity index (χ4n) is 2.90. The summed E-state index contributed by atoms with van der Waals surface area (Å²) in [5, 5.41) is 9.51. The lowest BCUT2D eigenvalue weighted by atomic mass is 10.2. The van der Waals surface area contributed by atoms with Gasteiger partial charge in [0.2, 0.25) is 5.13 Å². The van der Waals surface area contributed by atoms with Gasteiger partial charge in [-0.2, -0.15) is 0 Å². The van der Waals surface area contributed by atoms with Crippen molar-refractivity contribution >= 4 is 28.0 Å². The third-order valence-corrected chi connectivity index (χ3v) is 5.45. The monoisotopic (exact) mass is 363 g/mol. The van der Waals surface area contributed by atoms with Crippen molar-refractivity contribution < 1.29 is 0 Å². The predicted octanol–water partition coefficient (Wildman–Crippen LogP) is 4.38. The zero-order valence-corrected chi connectivity index (χ0v) is 15.7. The van der Waals surface area contributed by atoms with Crippen LogP contribution in [0.3, 0.4) is 0 Å². The second kappa shape index (κ2) is 7.17. The van der Waals surface area contributed by atoms with E-state index in [0.717, 1.165) is 40.8 Å². The molecule has 1 aromatic heterocycles. The van der Waals surface area contributed by atoms with Crippen LogP contribution in [0.2, 0.25) is 0 Å². The Bertz CT molecular complexity index is 883. The van der Waals surface area contributed by atoms with Gasteiger partial charge >= 0.3 is 0 Å². The first kappa shape index (κ1) is 16.6. The van der Waals surface area contributed by atoms with Gasteiger partial charge in [0.1, 0.15) is 0 Å². The third kappa shape index (κ3) is 3.04. The minimum Gasteiger partial charge on any atom is -0.256 e. The summed E-state index contributed by atoms with van der Waals surface area (Å²) in [6.07, 6.45) is 1.93. The molecule has 0 spiro atoms. The van der Waals surface area contributed by atoms with Crippen LogP contribution < -0.4 is 15.7 Å². The van der Waals surface area contributed by atoms with Crippen molar-refractivity contribution in [1.29, 1.82) is 0 Å². The number of hydrazone groups is 1. The Labute approximate surface area is 157 Å². The number of hydrazine groups is 2. The van der Waals surface area contributed by atoms with E-state index in [-0.39, 0.29) is 0 Å². The van der Waals surface area contributed by atoms with Gasteiger partial charge in [-0.3, -0.25) is 5.43 Å². The molecule has 2 aromatic carbocycles. The number of rotatable bonds is 5. The fraction of sp³-hybridized carbons (Fsp3) is 0.200. The molecule has 0 radical (unpaired) electrons. The summed E-state index contributed by atoms with van der Waals surface area (Å²) in [5.74, 6) is 0.806. The molecule has 1 N–H and O–H groups in total. The highest BCUT2D eigenvalue weighted by Crippen LogP contribution is 2.31. The number of para-hydroxylation sites is 1. The molecule has 26 heavy (non-hydrogen) atoms. The van der Waals surface area contributed by atoms with Crippen LogP contribution in [-0.4, -0.2) is 10.8 Å². The zero-order valence-electron chi connectivity index (χ0n) is 14.9. The average molecular weight is 363 g/mol. The Morgan fingerprint density at radius 2 is 1.62 bits per heavy atom. The summed E-state index contributed by atoms with van der Waals surface area (Å²) in [5.41, 5.74) is 6.60. The molecule has 0 amide bonds. The standard InChI is InChI=1S/C20H21N5S/c1-3-17-18(4-2)26-20(21-17)25-23-19(15-11-7-5-8-12-15)22-24(25)16-13-9-6-10-14-16/h5-14H,3-4H2,1-2H3,(H,22,23). The van der Waals surface area contributed by atoms with Gasteiger partial charge < -0.3 is 0 Å². The first-order valence-corrected chi connectivity index (χ1v) is 9.66. The van der Waals surface area contributed by atoms with Gasteiger partial charge in [-0.1, -0.05) is 73.7 Å². The average Bonchev–Trinajstić information content (AvgIpc) is 3.33. The maximum Gasteiger partial charge on any atom is 0.228 e. The summed E-state index contributed by atoms with van der Waals surface area (Å²) in [4.78, 5) is 6.18. The van der Waals surface area contributed by atoms with E-state index >= 15 is 0 Å². The molecule has 0 atom stereocenters. The molecule has 3 aromatic rings. The van der Waals surface area contributed by atoms with Crippen molar-refractivity contribution in [2.45, 2.75) is 26.7 Å². The van der Waals surface area contributed by atoms with Crippen LogP contribution in [-0.2, 0) is 12.8 Å². The van der Waals surface area contributed by atoms with Crippen molar-refractivity contribution in [3.63, 3.8) is 0 Å². The van der Waals surface area contributed by atoms with Crippen LogP contribution in [0.4, 0.5) is 10.8 Å². The van der Waals surface area contributed by atoms with Crippen molar-refractivity contribution in [2.75, 3.05) is 10.2 Å². The summed E-state index contributed by atoms with van der Waals surface area (Å²) in [6.45, 7) is 4.32. The highest BCUT2D eigenvalue weighted by atomic mass is 32.1. The molecule has 1 aliphatic heterocycles. The quantitative estimate of drug-likeness (QED) is 0.731. The van der Waals surface area contributed by atoms with Crippen molar-refractivity contribution in [1.82, 2.24) is 10.4 Å². The highest BCUT2D eigenvalue weighted by molar-refractivity contribution is 7.15. The molecule has 0 saturated heterocycles. The molecule has 1 aliphatic rings. The first-order valence-electron chi connectivity index (χ1n) is 8.84. The van der Waals surface area contributed by atoms with Crippen LogP contribution in [0.1, 0.15) is 30.0 Å². The van der Waals surface area contributed by atoms with E-state index in [4.69, 9.17) is 10.1 Å². The number of hydrogen-bond donors (Lipinski definition) is 1. The van der Waals surface area contributed by atoms with Gasteiger partial charge in [0.25, 0.3) is 0 Å². The Balaban J connectivity index is 1.75. The van der Waals surface area contributed by atoms with Gasteiger partial charge in [-0.25, -0.2) is 4.98 Å². The van der Waals surface area contributed by atoms with E-state index in [2.05, 4.69) is 31.4 Å². The number of aryl methyl sites for hydroxylation is 2. The van der Waals surface area contributed by atoms with Crippen LogP contribution >= 0.6 is 11.3 Å². The Kier molecular flexibility index (Phi) is 4.58. The predicted molar refractivity (Wildman–Crippen MR) is 108 cm³/mol. The SMILES string of the molecule is CCc1nc(N2NC(c3ccccc3)=NN2c2ccccc2)sc1CC. The van der Waals surface area contributed by atoms with Crippen molar-refractivity contribution in [2.24, 2.45) is 5.10 Å². The molecule has 0 unspecified atom stereocenters. The molecular formula is C20H21N5S. The van der Waals surface area contributed by atoms with Crippen molar-refractivity contribution in [3.8, 4) is 0 Å². The van der Waals surface area contributed by atoms with Crippen LogP contribution in [0.5, 0.6) is 0 Å². The van der Waals surface area contributed by atoms with Crippen LogP contribution in [0.25, 0.3) is 0 Å². The van der Waals surface area contributed by atoms with Gasteiger partial charge in [-0.05, 0) is 25.0 Å². The smallest absolute Gasteiger partial charge is 0.228 e. The minimum absolute atomic E-state index is 0.806. The number of hydrogen-bond acceptors (Lipinski definition) is 6. The number of amidine groups is 1. The molecular weight excluding hydrogens is 342 g/mol. The Morgan fingerprint density at radius 3 is 2.23 bits per heavy atom. The van der Waals surface area contributed by atoms with Gasteiger partial charge in [0.05, 0.1) is 11.4 Å². The molecule has 0 aliphatic carbocycles. The van der Waals surface area contributed by atoms with E-state index in [9.17, 15) is 0 Å². The van der Waals surface area contributed by atoms with Crippen LogP contribution in [0.15, 0.2) is 65.8 Å². The summed E-state index contributed by atoms with van der Waals surface area (Å²) in [7, 11) is 0. The number of aromatic nitrogens is 1. The third-order valence-electron chi connectivity index (χ3n) is 4.23. The molecule has 0 saturated carbocycles. The van der Waals surface area contributed by atoms with E-state index < -0.39 is 0 Å². The van der Waals surface area contributed by atoms with Gasteiger partial charge in [-0.15, -0.1) is 15.3 Å². The second-order valence-corrected chi connectivity index (χ2v) is 7.00. The summed E-state index contributed by atoms with van der Waals surface area (Å²) < 4.78 is 0. The molecule has 6 heteroatoms. The number of nitrogens with zero attached hydrogens (tertiary/aromatic N) is 4. The lowest BCUT2D eigenvalue weighted by molar-refractivity contribution is 0.763. The zero-order chi connectivity index (χ0) is 17.9. The minimum atomic E-state index is 0.806. The maximum absolute atomic E-state index is 4.85. The Hall–Kier alpha value is -2.86. The van der Waals surface area contributed by atoms with E-state index in [1.54, 1.807) is 11.3 Å². The summed E-state index contributed by atoms with van der Waals surface area (Å²) >= 11 is 1.71. The van der Waals surface area contributed by atoms with Gasteiger partial charge in [0.15, 0.2) is 5.84 Å². The van der Waals surface area contributed by atoms with Crippen LogP contribution in [0, 0.1) is 0 Å². The van der Waals surface area contributed by atoms with E-state index in [1.807, 2.05) is 58.8 Å². The fourth-order valence-corrected chi connectivity index (χ4v) is 3.94. The van der Waals surface area contributed by atoms with E-state index in [1.165, 1.54) is 4.88 Å². The number of anilines is 2. The Morgan fingerprint density at radius 1 is 0.923 bits per heavy atom.